The van der Waals surface area contributed by atoms with Crippen molar-refractivity contribution in [2.24, 2.45) is 0 Å². The molecule has 1 aliphatic rings. The minimum Gasteiger partial charge on any atom is -0.356 e. The molecule has 2 aromatic heterocycles. The second-order valence-corrected chi connectivity index (χ2v) is 7.50. The number of hydrogen-bond acceptors (Lipinski definition) is 3. The van der Waals surface area contributed by atoms with Crippen molar-refractivity contribution in [3.63, 3.8) is 0 Å². The number of halogens is 4. The summed E-state index contributed by atoms with van der Waals surface area (Å²) >= 11 is 6.25. The molecule has 0 saturated carbocycles. The van der Waals surface area contributed by atoms with Crippen LogP contribution >= 0.6 is 11.6 Å². The van der Waals surface area contributed by atoms with Gasteiger partial charge in [-0.25, -0.2) is 4.98 Å². The Balaban J connectivity index is 2.01. The second kappa shape index (κ2) is 7.28. The molecule has 0 spiro atoms. The molecule has 0 radical (unpaired) electrons. The lowest BCUT2D eigenvalue weighted by molar-refractivity contribution is -0.140. The van der Waals surface area contributed by atoms with Crippen LogP contribution in [0.15, 0.2) is 30.3 Å². The van der Waals surface area contributed by atoms with E-state index in [1.54, 1.807) is 31.2 Å². The molecule has 0 N–H and O–H groups in total. The van der Waals surface area contributed by atoms with Crippen LogP contribution in [0.25, 0.3) is 16.8 Å². The summed E-state index contributed by atoms with van der Waals surface area (Å²) in [7, 11) is 0. The first-order valence-corrected chi connectivity index (χ1v) is 9.71. The summed E-state index contributed by atoms with van der Waals surface area (Å²) in [5.41, 5.74) is 0.0763. The molecular formula is C20H20ClF3N4. The zero-order chi connectivity index (χ0) is 19.9. The molecule has 0 aliphatic carbocycles. The van der Waals surface area contributed by atoms with E-state index in [2.05, 4.69) is 15.0 Å². The molecule has 0 unspecified atom stereocenters. The molecule has 148 valence electrons. The molecule has 1 saturated heterocycles. The summed E-state index contributed by atoms with van der Waals surface area (Å²) in [5.74, 6) is 0.646. The molecular weight excluding hydrogens is 389 g/mol. The number of hydrogen-bond donors (Lipinski definition) is 0. The highest BCUT2D eigenvalue weighted by Crippen LogP contribution is 2.41. The smallest absolute Gasteiger partial charge is 0.356 e. The number of benzene rings is 1. The summed E-state index contributed by atoms with van der Waals surface area (Å²) in [6, 6.07) is 8.31. The molecule has 0 bridgehead atoms. The zero-order valence-corrected chi connectivity index (χ0v) is 16.2. The Morgan fingerprint density at radius 2 is 1.71 bits per heavy atom. The predicted molar refractivity (Wildman–Crippen MR) is 104 cm³/mol. The van der Waals surface area contributed by atoms with Crippen LogP contribution in [0.3, 0.4) is 0 Å². The van der Waals surface area contributed by atoms with Gasteiger partial charge in [0.15, 0.2) is 11.3 Å². The van der Waals surface area contributed by atoms with Gasteiger partial charge >= 0.3 is 6.18 Å². The Labute approximate surface area is 165 Å². The Morgan fingerprint density at radius 3 is 2.36 bits per heavy atom. The third kappa shape index (κ3) is 3.43. The SMILES string of the molecule is Cc1cc(N2CCCCCC2)n2nc(C(F)(F)F)c(-c3ccccc3Cl)c2n1. The van der Waals surface area contributed by atoms with E-state index in [9.17, 15) is 13.2 Å². The molecule has 0 atom stereocenters. The number of aromatic nitrogens is 3. The summed E-state index contributed by atoms with van der Waals surface area (Å²) in [4.78, 5) is 6.53. The topological polar surface area (TPSA) is 33.4 Å². The van der Waals surface area contributed by atoms with Gasteiger partial charge in [0.25, 0.3) is 0 Å². The van der Waals surface area contributed by atoms with Crippen molar-refractivity contribution in [3.05, 3.63) is 46.7 Å². The van der Waals surface area contributed by atoms with E-state index >= 15 is 0 Å². The minimum atomic E-state index is -4.62. The highest BCUT2D eigenvalue weighted by Gasteiger charge is 2.40. The van der Waals surface area contributed by atoms with Crippen LogP contribution in [0.1, 0.15) is 37.1 Å². The molecule has 1 aromatic carbocycles. The molecule has 3 heterocycles. The fourth-order valence-corrected chi connectivity index (χ4v) is 3.99. The fourth-order valence-electron chi connectivity index (χ4n) is 3.75. The maximum Gasteiger partial charge on any atom is 0.435 e. The Morgan fingerprint density at radius 1 is 1.04 bits per heavy atom. The highest BCUT2D eigenvalue weighted by atomic mass is 35.5. The van der Waals surface area contributed by atoms with Gasteiger partial charge in [-0.15, -0.1) is 0 Å². The first kappa shape index (κ1) is 19.1. The van der Waals surface area contributed by atoms with Crippen molar-refractivity contribution in [1.82, 2.24) is 14.6 Å². The van der Waals surface area contributed by atoms with E-state index in [0.29, 0.717) is 11.5 Å². The van der Waals surface area contributed by atoms with Gasteiger partial charge in [0.1, 0.15) is 5.82 Å². The van der Waals surface area contributed by atoms with Crippen LogP contribution in [0, 0.1) is 6.92 Å². The molecule has 4 nitrogen and oxygen atoms in total. The van der Waals surface area contributed by atoms with Gasteiger partial charge < -0.3 is 4.90 Å². The summed E-state index contributed by atoms with van der Waals surface area (Å²) in [6.45, 7) is 3.38. The maximum absolute atomic E-state index is 13.9. The minimum absolute atomic E-state index is 0.0714. The Kier molecular flexibility index (Phi) is 4.95. The molecule has 8 heteroatoms. The predicted octanol–water partition coefficient (Wildman–Crippen LogP) is 5.76. The summed E-state index contributed by atoms with van der Waals surface area (Å²) in [6.07, 6.45) is -0.351. The third-order valence-electron chi connectivity index (χ3n) is 5.04. The molecule has 1 aliphatic heterocycles. The monoisotopic (exact) mass is 408 g/mol. The fraction of sp³-hybridized carbons (Fsp3) is 0.400. The van der Waals surface area contributed by atoms with Crippen LogP contribution in [0.2, 0.25) is 5.02 Å². The van der Waals surface area contributed by atoms with Crippen LogP contribution in [0.4, 0.5) is 19.0 Å². The zero-order valence-electron chi connectivity index (χ0n) is 15.4. The van der Waals surface area contributed by atoms with Crippen LogP contribution < -0.4 is 4.90 Å². The van der Waals surface area contributed by atoms with Crippen molar-refractivity contribution in [2.75, 3.05) is 18.0 Å². The summed E-state index contributed by atoms with van der Waals surface area (Å²) in [5, 5.41) is 4.22. The number of aryl methyl sites for hydroxylation is 1. The van der Waals surface area contributed by atoms with Crippen LogP contribution in [-0.4, -0.2) is 27.7 Å². The van der Waals surface area contributed by atoms with E-state index in [-0.39, 0.29) is 21.8 Å². The first-order valence-electron chi connectivity index (χ1n) is 9.33. The highest BCUT2D eigenvalue weighted by molar-refractivity contribution is 6.33. The van der Waals surface area contributed by atoms with E-state index in [1.807, 2.05) is 6.07 Å². The molecule has 28 heavy (non-hydrogen) atoms. The molecule has 0 amide bonds. The first-order chi connectivity index (χ1) is 13.4. The van der Waals surface area contributed by atoms with Gasteiger partial charge in [0.05, 0.1) is 5.56 Å². The van der Waals surface area contributed by atoms with E-state index in [4.69, 9.17) is 11.6 Å². The average Bonchev–Trinajstić information content (AvgIpc) is 2.83. The van der Waals surface area contributed by atoms with Gasteiger partial charge in [0.2, 0.25) is 0 Å². The van der Waals surface area contributed by atoms with Crippen molar-refractivity contribution >= 4 is 23.1 Å². The molecule has 4 rings (SSSR count). The van der Waals surface area contributed by atoms with Crippen molar-refractivity contribution in [3.8, 4) is 11.1 Å². The Hall–Kier alpha value is -2.28. The average molecular weight is 409 g/mol. The van der Waals surface area contributed by atoms with E-state index < -0.39 is 11.9 Å². The third-order valence-corrected chi connectivity index (χ3v) is 5.37. The van der Waals surface area contributed by atoms with Crippen LogP contribution in [-0.2, 0) is 6.18 Å². The number of rotatable bonds is 2. The van der Waals surface area contributed by atoms with Crippen molar-refractivity contribution in [2.45, 2.75) is 38.8 Å². The summed E-state index contributed by atoms with van der Waals surface area (Å²) < 4.78 is 43.0. The lowest BCUT2D eigenvalue weighted by Crippen LogP contribution is -2.26. The van der Waals surface area contributed by atoms with Gasteiger partial charge in [0, 0.05) is 35.4 Å². The lowest BCUT2D eigenvalue weighted by Gasteiger charge is -2.23. The largest absolute Gasteiger partial charge is 0.435 e. The van der Waals surface area contributed by atoms with Gasteiger partial charge in [-0.05, 0) is 25.8 Å². The number of anilines is 1. The van der Waals surface area contributed by atoms with Gasteiger partial charge in [-0.1, -0.05) is 42.6 Å². The van der Waals surface area contributed by atoms with Crippen molar-refractivity contribution < 1.29 is 13.2 Å². The van der Waals surface area contributed by atoms with Gasteiger partial charge in [-0.2, -0.15) is 22.8 Å². The number of nitrogens with zero attached hydrogens (tertiary/aromatic N) is 4. The second-order valence-electron chi connectivity index (χ2n) is 7.09. The van der Waals surface area contributed by atoms with Crippen molar-refractivity contribution in [1.29, 1.82) is 0 Å². The number of fused-ring (bicyclic) bond motifs is 1. The number of alkyl halides is 3. The molecule has 3 aromatic rings. The maximum atomic E-state index is 13.9. The standard InChI is InChI=1S/C20H20ClF3N4/c1-13-12-16(27-10-6-2-3-7-11-27)28-19(25-13)17(18(26-28)20(22,23)24)14-8-4-5-9-15(14)21/h4-5,8-9,12H,2-3,6-7,10-11H2,1H3. The Bertz CT molecular complexity index is 1000. The van der Waals surface area contributed by atoms with Gasteiger partial charge in [-0.3, -0.25) is 0 Å². The lowest BCUT2D eigenvalue weighted by atomic mass is 10.1. The normalized spacial score (nSPS) is 15.8. The van der Waals surface area contributed by atoms with Crippen LogP contribution in [0.5, 0.6) is 0 Å². The van der Waals surface area contributed by atoms with E-state index in [0.717, 1.165) is 38.8 Å². The van der Waals surface area contributed by atoms with E-state index in [1.165, 1.54) is 4.52 Å². The molecule has 1 fully saturated rings. The quantitative estimate of drug-likeness (QED) is 0.540.